The number of thioether (sulfide) groups is 1. The highest BCUT2D eigenvalue weighted by molar-refractivity contribution is 9.10. The van der Waals surface area contributed by atoms with Gasteiger partial charge >= 0.3 is 0 Å². The molecule has 1 N–H and O–H groups in total. The van der Waals surface area contributed by atoms with Gasteiger partial charge in [0.15, 0.2) is 11.6 Å². The lowest BCUT2D eigenvalue weighted by Crippen LogP contribution is -2.04. The zero-order chi connectivity index (χ0) is 13.8. The SMILES string of the molecule is OC(CSc1ccc(Br)cc1)c1cccc(F)c1F. The van der Waals surface area contributed by atoms with Gasteiger partial charge in [-0.2, -0.15) is 0 Å². The largest absolute Gasteiger partial charge is 0.387 e. The van der Waals surface area contributed by atoms with Crippen molar-refractivity contribution < 1.29 is 13.9 Å². The molecule has 19 heavy (non-hydrogen) atoms. The van der Waals surface area contributed by atoms with Gasteiger partial charge in [-0.05, 0) is 30.3 Å². The number of hydrogen-bond acceptors (Lipinski definition) is 2. The summed E-state index contributed by atoms with van der Waals surface area (Å²) >= 11 is 4.72. The first-order chi connectivity index (χ1) is 9.08. The van der Waals surface area contributed by atoms with Crippen LogP contribution in [0.25, 0.3) is 0 Å². The molecule has 0 fully saturated rings. The molecule has 2 aromatic carbocycles. The Labute approximate surface area is 122 Å². The topological polar surface area (TPSA) is 20.2 Å². The van der Waals surface area contributed by atoms with Crippen molar-refractivity contribution in [1.82, 2.24) is 0 Å². The molecule has 0 heterocycles. The van der Waals surface area contributed by atoms with Gasteiger partial charge < -0.3 is 5.11 Å². The van der Waals surface area contributed by atoms with Crippen LogP contribution >= 0.6 is 27.7 Å². The number of benzene rings is 2. The number of aliphatic hydroxyl groups is 1. The van der Waals surface area contributed by atoms with E-state index in [2.05, 4.69) is 15.9 Å². The molecule has 1 atom stereocenters. The van der Waals surface area contributed by atoms with Crippen LogP contribution in [0, 0.1) is 11.6 Å². The summed E-state index contributed by atoms with van der Waals surface area (Å²) in [7, 11) is 0. The van der Waals surface area contributed by atoms with E-state index in [1.165, 1.54) is 23.9 Å². The van der Waals surface area contributed by atoms with Crippen LogP contribution < -0.4 is 0 Å². The predicted octanol–water partition coefficient (Wildman–Crippen LogP) is 4.55. The Morgan fingerprint density at radius 1 is 1.11 bits per heavy atom. The molecular formula is C14H11BrF2OS. The fourth-order valence-electron chi connectivity index (χ4n) is 1.57. The third-order valence-corrected chi connectivity index (χ3v) is 4.18. The minimum atomic E-state index is -1.04. The number of halogens is 3. The van der Waals surface area contributed by atoms with E-state index in [9.17, 15) is 13.9 Å². The van der Waals surface area contributed by atoms with E-state index in [-0.39, 0.29) is 11.3 Å². The molecule has 0 spiro atoms. The van der Waals surface area contributed by atoms with Crippen molar-refractivity contribution in [2.45, 2.75) is 11.0 Å². The minimum Gasteiger partial charge on any atom is -0.387 e. The van der Waals surface area contributed by atoms with Gasteiger partial charge in [0.05, 0.1) is 6.10 Å². The Bertz CT molecular complexity index is 560. The molecule has 100 valence electrons. The number of aliphatic hydroxyl groups excluding tert-OH is 1. The van der Waals surface area contributed by atoms with E-state index < -0.39 is 17.7 Å². The van der Waals surface area contributed by atoms with Crippen LogP contribution in [0.15, 0.2) is 51.8 Å². The van der Waals surface area contributed by atoms with Crippen LogP contribution in [0.2, 0.25) is 0 Å². The van der Waals surface area contributed by atoms with E-state index >= 15 is 0 Å². The smallest absolute Gasteiger partial charge is 0.164 e. The average Bonchev–Trinajstić information content (AvgIpc) is 2.41. The van der Waals surface area contributed by atoms with E-state index in [1.807, 2.05) is 24.3 Å². The summed E-state index contributed by atoms with van der Waals surface area (Å²) in [4.78, 5) is 0.957. The summed E-state index contributed by atoms with van der Waals surface area (Å²) in [6, 6.07) is 11.4. The molecule has 2 rings (SSSR count). The molecule has 0 saturated carbocycles. The monoisotopic (exact) mass is 344 g/mol. The van der Waals surface area contributed by atoms with Crippen LogP contribution in [0.1, 0.15) is 11.7 Å². The Balaban J connectivity index is 2.03. The maximum atomic E-state index is 13.5. The molecule has 1 nitrogen and oxygen atoms in total. The second-order valence-electron chi connectivity index (χ2n) is 3.92. The third kappa shape index (κ3) is 3.78. The summed E-state index contributed by atoms with van der Waals surface area (Å²) in [5.74, 6) is -1.65. The molecule has 5 heteroatoms. The fraction of sp³-hybridized carbons (Fsp3) is 0.143. The lowest BCUT2D eigenvalue weighted by molar-refractivity contribution is 0.197. The maximum absolute atomic E-state index is 13.5. The molecule has 0 saturated heterocycles. The quantitative estimate of drug-likeness (QED) is 0.821. The molecular weight excluding hydrogens is 334 g/mol. The van der Waals surface area contributed by atoms with Crippen molar-refractivity contribution in [2.75, 3.05) is 5.75 Å². The summed E-state index contributed by atoms with van der Waals surface area (Å²) in [6.45, 7) is 0. The highest BCUT2D eigenvalue weighted by Gasteiger charge is 2.15. The average molecular weight is 345 g/mol. The van der Waals surface area contributed by atoms with Gasteiger partial charge in [-0.15, -0.1) is 11.8 Å². The lowest BCUT2D eigenvalue weighted by atomic mass is 10.1. The Morgan fingerprint density at radius 3 is 2.47 bits per heavy atom. The first kappa shape index (κ1) is 14.5. The van der Waals surface area contributed by atoms with E-state index in [1.54, 1.807) is 0 Å². The van der Waals surface area contributed by atoms with Gasteiger partial charge in [-0.1, -0.05) is 28.1 Å². The van der Waals surface area contributed by atoms with E-state index in [0.29, 0.717) is 0 Å². The van der Waals surface area contributed by atoms with Crippen molar-refractivity contribution in [2.24, 2.45) is 0 Å². The van der Waals surface area contributed by atoms with Crippen LogP contribution in [-0.4, -0.2) is 10.9 Å². The highest BCUT2D eigenvalue weighted by Crippen LogP contribution is 2.27. The minimum absolute atomic E-state index is 0.00962. The molecule has 0 radical (unpaired) electrons. The first-order valence-electron chi connectivity index (χ1n) is 5.58. The Kier molecular flexibility index (Phi) is 4.96. The normalized spacial score (nSPS) is 12.4. The predicted molar refractivity (Wildman–Crippen MR) is 76.2 cm³/mol. The Hall–Kier alpha value is -0.910. The van der Waals surface area contributed by atoms with E-state index in [0.717, 1.165) is 15.4 Å². The van der Waals surface area contributed by atoms with Crippen LogP contribution in [0.4, 0.5) is 8.78 Å². The summed E-state index contributed by atoms with van der Waals surface area (Å²) in [5, 5.41) is 9.90. The number of hydrogen-bond donors (Lipinski definition) is 1. The first-order valence-corrected chi connectivity index (χ1v) is 7.36. The lowest BCUT2D eigenvalue weighted by Gasteiger charge is -2.12. The molecule has 2 aromatic rings. The van der Waals surface area contributed by atoms with Crippen LogP contribution in [0.3, 0.4) is 0 Å². The second kappa shape index (κ2) is 6.50. The van der Waals surface area contributed by atoms with Crippen LogP contribution in [-0.2, 0) is 0 Å². The zero-order valence-electron chi connectivity index (χ0n) is 9.82. The summed E-state index contributed by atoms with van der Waals surface area (Å²) in [5.41, 5.74) is -0.00962. The second-order valence-corrected chi connectivity index (χ2v) is 5.93. The van der Waals surface area contributed by atoms with Crippen molar-refractivity contribution in [1.29, 1.82) is 0 Å². The maximum Gasteiger partial charge on any atom is 0.164 e. The van der Waals surface area contributed by atoms with Crippen LogP contribution in [0.5, 0.6) is 0 Å². The molecule has 0 aliphatic heterocycles. The summed E-state index contributed by atoms with van der Waals surface area (Å²) in [6.07, 6.45) is -1.04. The Morgan fingerprint density at radius 2 is 1.79 bits per heavy atom. The van der Waals surface area contributed by atoms with Gasteiger partial charge in [0.1, 0.15) is 0 Å². The molecule has 0 aromatic heterocycles. The van der Waals surface area contributed by atoms with Gasteiger partial charge in [0.2, 0.25) is 0 Å². The van der Waals surface area contributed by atoms with Crippen molar-refractivity contribution in [3.8, 4) is 0 Å². The van der Waals surface area contributed by atoms with Crippen molar-refractivity contribution in [3.63, 3.8) is 0 Å². The molecule has 0 aliphatic rings. The van der Waals surface area contributed by atoms with Gasteiger partial charge in [0.25, 0.3) is 0 Å². The van der Waals surface area contributed by atoms with Gasteiger partial charge in [-0.3, -0.25) is 0 Å². The zero-order valence-corrected chi connectivity index (χ0v) is 12.2. The van der Waals surface area contributed by atoms with E-state index in [4.69, 9.17) is 0 Å². The van der Waals surface area contributed by atoms with Gasteiger partial charge in [-0.25, -0.2) is 8.78 Å². The standard InChI is InChI=1S/C14H11BrF2OS/c15-9-4-6-10(7-5-9)19-8-13(18)11-2-1-3-12(16)14(11)17/h1-7,13,18H,8H2. The molecule has 1 unspecified atom stereocenters. The molecule has 0 bridgehead atoms. The fourth-order valence-corrected chi connectivity index (χ4v) is 2.70. The van der Waals surface area contributed by atoms with Gasteiger partial charge in [0, 0.05) is 20.7 Å². The molecule has 0 amide bonds. The van der Waals surface area contributed by atoms with Crippen molar-refractivity contribution >= 4 is 27.7 Å². The van der Waals surface area contributed by atoms with Crippen molar-refractivity contribution in [3.05, 3.63) is 64.1 Å². The molecule has 0 aliphatic carbocycles. The third-order valence-electron chi connectivity index (χ3n) is 2.56. The number of rotatable bonds is 4. The summed E-state index contributed by atoms with van der Waals surface area (Å²) < 4.78 is 27.5. The highest BCUT2D eigenvalue weighted by atomic mass is 79.9.